The Kier molecular flexibility index (Phi) is 5.05. The first-order valence-corrected chi connectivity index (χ1v) is 9.87. The van der Waals surface area contributed by atoms with Gasteiger partial charge in [0.25, 0.3) is 11.8 Å². The van der Waals surface area contributed by atoms with E-state index in [4.69, 9.17) is 0 Å². The number of rotatable bonds is 6. The summed E-state index contributed by atoms with van der Waals surface area (Å²) in [5.41, 5.74) is 1.74. The third kappa shape index (κ3) is 4.04. The highest BCUT2D eigenvalue weighted by atomic mass is 16.2. The van der Waals surface area contributed by atoms with Gasteiger partial charge in [0.05, 0.1) is 17.3 Å². The van der Waals surface area contributed by atoms with Gasteiger partial charge in [-0.15, -0.1) is 0 Å². The monoisotopic (exact) mass is 421 g/mol. The Morgan fingerprint density at radius 3 is 2.65 bits per heavy atom. The van der Waals surface area contributed by atoms with Gasteiger partial charge in [0.2, 0.25) is 0 Å². The molecule has 160 valence electrons. The zero-order valence-electron chi connectivity index (χ0n) is 17.4. The van der Waals surface area contributed by atoms with Crippen LogP contribution in [0.15, 0.2) is 36.7 Å². The van der Waals surface area contributed by atoms with Crippen molar-refractivity contribution in [3.63, 3.8) is 0 Å². The fourth-order valence-electron chi connectivity index (χ4n) is 3.38. The summed E-state index contributed by atoms with van der Waals surface area (Å²) < 4.78 is 0. The number of carbonyl (C=O) groups is 3. The maximum absolute atomic E-state index is 13.0. The van der Waals surface area contributed by atoms with Crippen molar-refractivity contribution in [2.24, 2.45) is 0 Å². The van der Waals surface area contributed by atoms with Crippen LogP contribution < -0.4 is 21.3 Å². The summed E-state index contributed by atoms with van der Waals surface area (Å²) in [5, 5.41) is 18.2. The van der Waals surface area contributed by atoms with Crippen LogP contribution in [-0.2, 0) is 4.79 Å². The van der Waals surface area contributed by atoms with Crippen molar-refractivity contribution in [3.05, 3.63) is 42.2 Å². The summed E-state index contributed by atoms with van der Waals surface area (Å²) in [6, 6.07) is 7.02. The molecule has 3 aromatic rings. The molecule has 2 aromatic heterocycles. The lowest BCUT2D eigenvalue weighted by molar-refractivity contribution is -0.123. The number of hydrogen-bond donors (Lipinski definition) is 5. The van der Waals surface area contributed by atoms with Crippen molar-refractivity contribution < 1.29 is 14.4 Å². The van der Waals surface area contributed by atoms with E-state index in [2.05, 4.69) is 36.4 Å². The second-order valence-corrected chi connectivity index (χ2v) is 8.00. The summed E-state index contributed by atoms with van der Waals surface area (Å²) in [6.07, 6.45) is 3.51. The molecule has 0 radical (unpaired) electrons. The van der Waals surface area contributed by atoms with Gasteiger partial charge in [-0.2, -0.15) is 5.10 Å². The van der Waals surface area contributed by atoms with E-state index in [1.807, 2.05) is 32.0 Å². The number of carbonyl (C=O) groups excluding carboxylic acids is 3. The highest BCUT2D eigenvalue weighted by Gasteiger charge is 2.42. The van der Waals surface area contributed by atoms with Crippen molar-refractivity contribution in [2.75, 3.05) is 11.9 Å². The fraction of sp³-hybridized carbons (Fsp3) is 0.286. The Morgan fingerprint density at radius 2 is 2.00 bits per heavy atom. The Labute approximate surface area is 178 Å². The van der Waals surface area contributed by atoms with Crippen LogP contribution in [0.1, 0.15) is 31.1 Å². The van der Waals surface area contributed by atoms with Crippen LogP contribution in [0.4, 0.5) is 10.6 Å². The summed E-state index contributed by atoms with van der Waals surface area (Å²) in [4.78, 5) is 41.1. The van der Waals surface area contributed by atoms with Crippen LogP contribution in [0.25, 0.3) is 22.0 Å². The lowest BCUT2D eigenvalue weighted by Gasteiger charge is -2.21. The van der Waals surface area contributed by atoms with Gasteiger partial charge in [-0.25, -0.2) is 9.78 Å². The maximum atomic E-state index is 13.0. The van der Waals surface area contributed by atoms with Crippen LogP contribution >= 0.6 is 0 Å². The number of fused-ring (bicyclic) bond motifs is 1. The number of pyridine rings is 1. The van der Waals surface area contributed by atoms with Crippen molar-refractivity contribution in [2.45, 2.75) is 32.4 Å². The summed E-state index contributed by atoms with van der Waals surface area (Å²) >= 11 is 0. The predicted molar refractivity (Wildman–Crippen MR) is 115 cm³/mol. The molecule has 10 nitrogen and oxygen atoms in total. The zero-order chi connectivity index (χ0) is 22.2. The number of nitrogens with one attached hydrogen (secondary N) is 5. The number of urea groups is 1. The van der Waals surface area contributed by atoms with Gasteiger partial charge in [0, 0.05) is 29.7 Å². The predicted octanol–water partition coefficient (Wildman–Crippen LogP) is 1.77. The number of H-pyrrole nitrogens is 1. The number of aromatic amines is 1. The van der Waals surface area contributed by atoms with E-state index in [9.17, 15) is 14.4 Å². The molecular formula is C21H23N7O3. The number of nitrogens with zero attached hydrogens (tertiary/aromatic N) is 2. The SMILES string of the molecule is CC(C)Nc1nc2ccc(-c3cn[nH]c3)cc2cc1C(=O)NCC1(C)NC(=O)NC1=O. The first-order chi connectivity index (χ1) is 14.7. The molecule has 0 bridgehead atoms. The average molecular weight is 421 g/mol. The van der Waals surface area contributed by atoms with E-state index >= 15 is 0 Å². The van der Waals surface area contributed by atoms with E-state index < -0.39 is 23.4 Å². The number of benzene rings is 1. The highest BCUT2D eigenvalue weighted by molar-refractivity contribution is 6.08. The molecular weight excluding hydrogens is 398 g/mol. The third-order valence-electron chi connectivity index (χ3n) is 5.04. The Balaban J connectivity index is 1.67. The maximum Gasteiger partial charge on any atom is 0.322 e. The molecule has 3 heterocycles. The fourth-order valence-corrected chi connectivity index (χ4v) is 3.38. The summed E-state index contributed by atoms with van der Waals surface area (Å²) in [6.45, 7) is 5.40. The molecule has 1 atom stereocenters. The number of hydrogen-bond acceptors (Lipinski definition) is 6. The topological polar surface area (TPSA) is 141 Å². The molecule has 1 aromatic carbocycles. The molecule has 1 aliphatic heterocycles. The minimum atomic E-state index is -1.21. The Hall–Kier alpha value is -3.95. The molecule has 10 heteroatoms. The molecule has 31 heavy (non-hydrogen) atoms. The van der Waals surface area contributed by atoms with Crippen molar-refractivity contribution >= 4 is 34.6 Å². The summed E-state index contributed by atoms with van der Waals surface area (Å²) in [5.74, 6) is -0.442. The smallest absolute Gasteiger partial charge is 0.322 e. The van der Waals surface area contributed by atoms with Gasteiger partial charge in [0.1, 0.15) is 11.4 Å². The van der Waals surface area contributed by atoms with Crippen LogP contribution in [-0.4, -0.2) is 51.2 Å². The number of aromatic nitrogens is 3. The second-order valence-electron chi connectivity index (χ2n) is 8.00. The molecule has 0 aliphatic carbocycles. The van der Waals surface area contributed by atoms with E-state index in [-0.39, 0.29) is 12.6 Å². The van der Waals surface area contributed by atoms with Gasteiger partial charge in [0.15, 0.2) is 0 Å². The van der Waals surface area contributed by atoms with Crippen LogP contribution in [0.3, 0.4) is 0 Å². The van der Waals surface area contributed by atoms with Crippen LogP contribution in [0, 0.1) is 0 Å². The third-order valence-corrected chi connectivity index (χ3v) is 5.04. The molecule has 1 fully saturated rings. The van der Waals surface area contributed by atoms with Gasteiger partial charge in [-0.1, -0.05) is 6.07 Å². The number of imide groups is 1. The molecule has 1 unspecified atom stereocenters. The number of anilines is 1. The Morgan fingerprint density at radius 1 is 1.19 bits per heavy atom. The van der Waals surface area contributed by atoms with Gasteiger partial charge < -0.3 is 16.0 Å². The minimum absolute atomic E-state index is 0.0547. The molecule has 4 amide bonds. The minimum Gasteiger partial charge on any atom is -0.367 e. The quantitative estimate of drug-likeness (QED) is 0.384. The van der Waals surface area contributed by atoms with Crippen molar-refractivity contribution in [1.82, 2.24) is 31.1 Å². The second kappa shape index (κ2) is 7.71. The molecule has 0 spiro atoms. The molecule has 0 saturated carbocycles. The first-order valence-electron chi connectivity index (χ1n) is 9.87. The van der Waals surface area contributed by atoms with Crippen LogP contribution in [0.5, 0.6) is 0 Å². The van der Waals surface area contributed by atoms with E-state index in [0.29, 0.717) is 11.4 Å². The van der Waals surface area contributed by atoms with Gasteiger partial charge >= 0.3 is 6.03 Å². The average Bonchev–Trinajstić information content (AvgIpc) is 3.33. The number of amides is 4. The van der Waals surface area contributed by atoms with E-state index in [1.165, 1.54) is 0 Å². The highest BCUT2D eigenvalue weighted by Crippen LogP contribution is 2.26. The summed E-state index contributed by atoms with van der Waals surface area (Å²) in [7, 11) is 0. The van der Waals surface area contributed by atoms with Gasteiger partial charge in [-0.3, -0.25) is 20.0 Å². The first kappa shape index (κ1) is 20.3. The zero-order valence-corrected chi connectivity index (χ0v) is 17.4. The molecule has 5 N–H and O–H groups in total. The lowest BCUT2D eigenvalue weighted by atomic mass is 10.0. The molecule has 4 rings (SSSR count). The van der Waals surface area contributed by atoms with Crippen molar-refractivity contribution in [3.8, 4) is 11.1 Å². The normalized spacial score (nSPS) is 18.2. The lowest BCUT2D eigenvalue weighted by Crippen LogP contribution is -2.52. The molecule has 1 aliphatic rings. The van der Waals surface area contributed by atoms with E-state index in [0.717, 1.165) is 22.0 Å². The van der Waals surface area contributed by atoms with E-state index in [1.54, 1.807) is 25.4 Å². The largest absolute Gasteiger partial charge is 0.367 e. The van der Waals surface area contributed by atoms with Crippen LogP contribution in [0.2, 0.25) is 0 Å². The van der Waals surface area contributed by atoms with Gasteiger partial charge in [-0.05, 0) is 44.5 Å². The standard InChI is InChI=1S/C21H23N7O3/c1-11(2)25-17-15(18(29)22-10-21(3)19(30)27-20(31)28-21)7-13-6-12(4-5-16(13)26-17)14-8-23-24-9-14/h4-9,11H,10H2,1-3H3,(H,22,29)(H,23,24)(H,25,26)(H2,27,28,30,31). The molecule has 1 saturated heterocycles. The van der Waals surface area contributed by atoms with Crippen molar-refractivity contribution in [1.29, 1.82) is 0 Å². The Bertz CT molecular complexity index is 1170.